The lowest BCUT2D eigenvalue weighted by Gasteiger charge is -2.30. The first-order chi connectivity index (χ1) is 9.26. The predicted octanol–water partition coefficient (Wildman–Crippen LogP) is 3.25. The van der Waals surface area contributed by atoms with E-state index in [1.807, 2.05) is 18.2 Å². The van der Waals surface area contributed by atoms with Gasteiger partial charge in [0.2, 0.25) is 0 Å². The van der Waals surface area contributed by atoms with E-state index in [1.165, 1.54) is 18.4 Å². The largest absolute Gasteiger partial charge is 0.497 e. The zero-order chi connectivity index (χ0) is 13.7. The molecular weight excluding hydrogens is 240 g/mol. The van der Waals surface area contributed by atoms with Crippen molar-refractivity contribution in [1.29, 1.82) is 0 Å². The molecule has 1 N–H and O–H groups in total. The SMILES string of the molecule is CCCCCOC1CCc2ccc(OC)cc2C1O. The average Bonchev–Trinajstić information content (AvgIpc) is 2.45. The fraction of sp³-hybridized carbons (Fsp3) is 0.625. The number of unbranched alkanes of at least 4 members (excludes halogenated alkanes) is 2. The average molecular weight is 264 g/mol. The maximum absolute atomic E-state index is 10.4. The van der Waals surface area contributed by atoms with E-state index in [4.69, 9.17) is 9.47 Å². The zero-order valence-electron chi connectivity index (χ0n) is 11.9. The molecule has 2 atom stereocenters. The highest BCUT2D eigenvalue weighted by atomic mass is 16.5. The van der Waals surface area contributed by atoms with Crippen LogP contribution in [0.15, 0.2) is 18.2 Å². The monoisotopic (exact) mass is 264 g/mol. The molecule has 1 aliphatic carbocycles. The van der Waals surface area contributed by atoms with Gasteiger partial charge in [-0.3, -0.25) is 0 Å². The van der Waals surface area contributed by atoms with E-state index in [0.29, 0.717) is 0 Å². The Morgan fingerprint density at radius 3 is 2.89 bits per heavy atom. The molecule has 0 saturated heterocycles. The minimum absolute atomic E-state index is 0.0727. The first-order valence-corrected chi connectivity index (χ1v) is 7.22. The molecule has 0 saturated carbocycles. The van der Waals surface area contributed by atoms with Crippen LogP contribution in [-0.2, 0) is 11.2 Å². The maximum atomic E-state index is 10.4. The number of rotatable bonds is 6. The Morgan fingerprint density at radius 2 is 2.16 bits per heavy atom. The van der Waals surface area contributed by atoms with Gasteiger partial charge in [-0.05, 0) is 42.5 Å². The summed E-state index contributed by atoms with van der Waals surface area (Å²) >= 11 is 0. The number of hydrogen-bond acceptors (Lipinski definition) is 3. The van der Waals surface area contributed by atoms with Gasteiger partial charge in [-0.15, -0.1) is 0 Å². The standard InChI is InChI=1S/C16H24O3/c1-3-4-5-10-19-15-9-7-12-6-8-13(18-2)11-14(12)16(15)17/h6,8,11,15-17H,3-5,7,9-10H2,1-2H3. The minimum atomic E-state index is -0.527. The molecule has 3 heteroatoms. The van der Waals surface area contributed by atoms with Crippen LogP contribution in [0.2, 0.25) is 0 Å². The maximum Gasteiger partial charge on any atom is 0.119 e. The predicted molar refractivity (Wildman–Crippen MR) is 75.5 cm³/mol. The van der Waals surface area contributed by atoms with E-state index in [0.717, 1.165) is 37.2 Å². The van der Waals surface area contributed by atoms with Gasteiger partial charge in [0.1, 0.15) is 11.9 Å². The Balaban J connectivity index is 1.99. The lowest BCUT2D eigenvalue weighted by molar-refractivity contribution is -0.0493. The van der Waals surface area contributed by atoms with Crippen LogP contribution < -0.4 is 4.74 Å². The van der Waals surface area contributed by atoms with Crippen LogP contribution >= 0.6 is 0 Å². The van der Waals surface area contributed by atoms with Crippen LogP contribution in [0.3, 0.4) is 0 Å². The molecule has 2 unspecified atom stereocenters. The zero-order valence-corrected chi connectivity index (χ0v) is 11.9. The second-order valence-corrected chi connectivity index (χ2v) is 5.16. The van der Waals surface area contributed by atoms with Crippen molar-refractivity contribution in [2.75, 3.05) is 13.7 Å². The van der Waals surface area contributed by atoms with Crippen molar-refractivity contribution in [2.24, 2.45) is 0 Å². The van der Waals surface area contributed by atoms with Gasteiger partial charge in [0, 0.05) is 6.61 Å². The molecule has 3 nitrogen and oxygen atoms in total. The summed E-state index contributed by atoms with van der Waals surface area (Å²) in [6, 6.07) is 5.93. The van der Waals surface area contributed by atoms with Crippen LogP contribution in [0.25, 0.3) is 0 Å². The summed E-state index contributed by atoms with van der Waals surface area (Å²) < 4.78 is 11.1. The third-order valence-electron chi connectivity index (χ3n) is 3.80. The van der Waals surface area contributed by atoms with E-state index < -0.39 is 6.10 Å². The van der Waals surface area contributed by atoms with Crippen molar-refractivity contribution < 1.29 is 14.6 Å². The Bertz CT molecular complexity index is 403. The van der Waals surface area contributed by atoms with Crippen molar-refractivity contribution in [3.05, 3.63) is 29.3 Å². The summed E-state index contributed by atoms with van der Waals surface area (Å²) in [4.78, 5) is 0. The number of ether oxygens (including phenoxy) is 2. The van der Waals surface area contributed by atoms with Gasteiger partial charge in [-0.1, -0.05) is 25.8 Å². The normalized spacial score (nSPS) is 22.1. The fourth-order valence-corrected chi connectivity index (χ4v) is 2.62. The molecular formula is C16H24O3. The minimum Gasteiger partial charge on any atom is -0.497 e. The molecule has 1 aromatic carbocycles. The highest BCUT2D eigenvalue weighted by Crippen LogP contribution is 2.34. The third kappa shape index (κ3) is 3.48. The first kappa shape index (κ1) is 14.4. The molecule has 19 heavy (non-hydrogen) atoms. The number of methoxy groups -OCH3 is 1. The molecule has 0 spiro atoms. The molecule has 0 heterocycles. The second kappa shape index (κ2) is 6.92. The molecule has 0 fully saturated rings. The van der Waals surface area contributed by atoms with Crippen LogP contribution in [-0.4, -0.2) is 24.9 Å². The van der Waals surface area contributed by atoms with E-state index in [-0.39, 0.29) is 6.10 Å². The summed E-state index contributed by atoms with van der Waals surface area (Å²) in [7, 11) is 1.65. The molecule has 1 aromatic rings. The van der Waals surface area contributed by atoms with Crippen LogP contribution in [0.5, 0.6) is 5.75 Å². The Hall–Kier alpha value is -1.06. The van der Waals surface area contributed by atoms with Crippen LogP contribution in [0.1, 0.15) is 49.8 Å². The number of fused-ring (bicyclic) bond motifs is 1. The number of aliphatic hydroxyl groups excluding tert-OH is 1. The Morgan fingerprint density at radius 1 is 1.32 bits per heavy atom. The van der Waals surface area contributed by atoms with E-state index in [9.17, 15) is 5.11 Å². The van der Waals surface area contributed by atoms with E-state index in [1.54, 1.807) is 7.11 Å². The summed E-state index contributed by atoms with van der Waals surface area (Å²) in [5, 5.41) is 10.4. The molecule has 0 amide bonds. The second-order valence-electron chi connectivity index (χ2n) is 5.16. The van der Waals surface area contributed by atoms with Gasteiger partial charge in [-0.2, -0.15) is 0 Å². The molecule has 2 rings (SSSR count). The van der Waals surface area contributed by atoms with Crippen molar-refractivity contribution >= 4 is 0 Å². The number of hydrogen-bond donors (Lipinski definition) is 1. The molecule has 0 bridgehead atoms. The fourth-order valence-electron chi connectivity index (χ4n) is 2.62. The smallest absolute Gasteiger partial charge is 0.119 e. The van der Waals surface area contributed by atoms with Crippen molar-refractivity contribution in [2.45, 2.75) is 51.2 Å². The van der Waals surface area contributed by atoms with Crippen molar-refractivity contribution in [3.63, 3.8) is 0 Å². The summed E-state index contributed by atoms with van der Waals surface area (Å²) in [5.41, 5.74) is 2.17. The topological polar surface area (TPSA) is 38.7 Å². The third-order valence-corrected chi connectivity index (χ3v) is 3.80. The van der Waals surface area contributed by atoms with Gasteiger partial charge in [0.05, 0.1) is 13.2 Å². The number of benzene rings is 1. The number of aliphatic hydroxyl groups is 1. The molecule has 106 valence electrons. The molecule has 0 aliphatic heterocycles. The van der Waals surface area contributed by atoms with Crippen molar-refractivity contribution in [1.82, 2.24) is 0 Å². The Kier molecular flexibility index (Phi) is 5.23. The number of aryl methyl sites for hydroxylation is 1. The van der Waals surface area contributed by atoms with Gasteiger partial charge in [0.15, 0.2) is 0 Å². The molecule has 0 radical (unpaired) electrons. The molecule has 0 aromatic heterocycles. The quantitative estimate of drug-likeness (QED) is 0.802. The van der Waals surface area contributed by atoms with Gasteiger partial charge in [-0.25, -0.2) is 0 Å². The van der Waals surface area contributed by atoms with Crippen LogP contribution in [0.4, 0.5) is 0 Å². The summed E-state index contributed by atoms with van der Waals surface area (Å²) in [6.45, 7) is 2.92. The highest BCUT2D eigenvalue weighted by molar-refractivity contribution is 5.39. The lowest BCUT2D eigenvalue weighted by atomic mass is 9.87. The Labute approximate surface area is 115 Å². The van der Waals surface area contributed by atoms with E-state index >= 15 is 0 Å². The van der Waals surface area contributed by atoms with Gasteiger partial charge < -0.3 is 14.6 Å². The molecule has 1 aliphatic rings. The van der Waals surface area contributed by atoms with Crippen molar-refractivity contribution in [3.8, 4) is 5.75 Å². The van der Waals surface area contributed by atoms with Gasteiger partial charge >= 0.3 is 0 Å². The van der Waals surface area contributed by atoms with E-state index in [2.05, 4.69) is 6.92 Å². The summed E-state index contributed by atoms with van der Waals surface area (Å²) in [5.74, 6) is 0.796. The first-order valence-electron chi connectivity index (χ1n) is 7.22. The summed E-state index contributed by atoms with van der Waals surface area (Å²) in [6.07, 6.45) is 4.72. The van der Waals surface area contributed by atoms with Crippen LogP contribution in [0, 0.1) is 0 Å². The van der Waals surface area contributed by atoms with Gasteiger partial charge in [0.25, 0.3) is 0 Å². The highest BCUT2D eigenvalue weighted by Gasteiger charge is 2.28. The lowest BCUT2D eigenvalue weighted by Crippen LogP contribution is -2.28.